The van der Waals surface area contributed by atoms with E-state index in [2.05, 4.69) is 0 Å². The van der Waals surface area contributed by atoms with Crippen molar-refractivity contribution in [3.8, 4) is 5.75 Å². The SMILES string of the molecule is Cc1ccccc1OCCN(C)C(=O)c1cccc(S(=O)(=O)N2CCCCC2)c1. The number of amides is 1. The first-order chi connectivity index (χ1) is 13.9. The minimum atomic E-state index is -3.56. The summed E-state index contributed by atoms with van der Waals surface area (Å²) in [6, 6.07) is 14.0. The normalized spacial score (nSPS) is 15.1. The number of benzene rings is 2. The second-order valence-electron chi connectivity index (χ2n) is 7.33. The Labute approximate surface area is 173 Å². The van der Waals surface area contributed by atoms with E-state index in [0.29, 0.717) is 31.8 Å². The monoisotopic (exact) mass is 416 g/mol. The highest BCUT2D eigenvalue weighted by Gasteiger charge is 2.26. The Balaban J connectivity index is 1.64. The van der Waals surface area contributed by atoms with Gasteiger partial charge in [-0.3, -0.25) is 4.79 Å². The first-order valence-electron chi connectivity index (χ1n) is 9.94. The molecule has 0 radical (unpaired) electrons. The van der Waals surface area contributed by atoms with Gasteiger partial charge < -0.3 is 9.64 Å². The van der Waals surface area contributed by atoms with E-state index in [1.807, 2.05) is 31.2 Å². The number of carbonyl (C=O) groups excluding carboxylic acids is 1. The number of sulfonamides is 1. The summed E-state index contributed by atoms with van der Waals surface area (Å²) in [4.78, 5) is 14.5. The molecule has 0 spiro atoms. The van der Waals surface area contributed by atoms with Gasteiger partial charge in [0.25, 0.3) is 5.91 Å². The molecule has 1 amide bonds. The summed E-state index contributed by atoms with van der Waals surface area (Å²) in [5.74, 6) is 0.567. The van der Waals surface area contributed by atoms with E-state index in [9.17, 15) is 13.2 Å². The van der Waals surface area contributed by atoms with Crippen molar-refractivity contribution in [2.24, 2.45) is 0 Å². The zero-order chi connectivity index (χ0) is 20.9. The van der Waals surface area contributed by atoms with Crippen LogP contribution in [0.15, 0.2) is 53.4 Å². The Morgan fingerprint density at radius 1 is 1.07 bits per heavy atom. The zero-order valence-electron chi connectivity index (χ0n) is 17.0. The van der Waals surface area contributed by atoms with Crippen molar-refractivity contribution in [3.05, 3.63) is 59.7 Å². The van der Waals surface area contributed by atoms with Gasteiger partial charge in [0.05, 0.1) is 11.4 Å². The molecule has 29 heavy (non-hydrogen) atoms. The Hall–Kier alpha value is -2.38. The van der Waals surface area contributed by atoms with E-state index in [4.69, 9.17) is 4.74 Å². The Morgan fingerprint density at radius 2 is 1.79 bits per heavy atom. The van der Waals surface area contributed by atoms with Gasteiger partial charge in [-0.2, -0.15) is 4.31 Å². The number of hydrogen-bond donors (Lipinski definition) is 0. The van der Waals surface area contributed by atoms with Crippen molar-refractivity contribution in [1.29, 1.82) is 0 Å². The maximum Gasteiger partial charge on any atom is 0.253 e. The van der Waals surface area contributed by atoms with Crippen LogP contribution >= 0.6 is 0 Å². The van der Waals surface area contributed by atoms with E-state index in [1.165, 1.54) is 10.4 Å². The van der Waals surface area contributed by atoms with Crippen LogP contribution in [0.4, 0.5) is 0 Å². The summed E-state index contributed by atoms with van der Waals surface area (Å²) in [5, 5.41) is 0. The molecule has 0 atom stereocenters. The van der Waals surface area contributed by atoms with Gasteiger partial charge in [0.1, 0.15) is 12.4 Å². The van der Waals surface area contributed by atoms with Gasteiger partial charge in [-0.1, -0.05) is 30.7 Å². The topological polar surface area (TPSA) is 66.9 Å². The molecule has 0 saturated carbocycles. The molecule has 3 rings (SSSR count). The highest BCUT2D eigenvalue weighted by molar-refractivity contribution is 7.89. The van der Waals surface area contributed by atoms with E-state index in [0.717, 1.165) is 30.6 Å². The van der Waals surface area contributed by atoms with Gasteiger partial charge in [0.15, 0.2) is 0 Å². The number of ether oxygens (including phenoxy) is 1. The summed E-state index contributed by atoms with van der Waals surface area (Å²) < 4.78 is 33.0. The molecule has 0 aromatic heterocycles. The molecule has 1 saturated heterocycles. The third-order valence-electron chi connectivity index (χ3n) is 5.16. The first kappa shape index (κ1) is 21.3. The molecule has 0 aliphatic carbocycles. The summed E-state index contributed by atoms with van der Waals surface area (Å²) in [7, 11) is -1.87. The molecule has 156 valence electrons. The van der Waals surface area contributed by atoms with Crippen LogP contribution in [0.1, 0.15) is 35.2 Å². The lowest BCUT2D eigenvalue weighted by Gasteiger charge is -2.26. The number of aryl methyl sites for hydroxylation is 1. The number of carbonyl (C=O) groups is 1. The summed E-state index contributed by atoms with van der Waals surface area (Å²) in [6.45, 7) is 3.81. The first-order valence-corrected chi connectivity index (χ1v) is 11.4. The Morgan fingerprint density at radius 3 is 2.52 bits per heavy atom. The van der Waals surface area contributed by atoms with Crippen molar-refractivity contribution in [2.75, 3.05) is 33.3 Å². The van der Waals surface area contributed by atoms with Crippen molar-refractivity contribution < 1.29 is 17.9 Å². The lowest BCUT2D eigenvalue weighted by atomic mass is 10.2. The molecule has 0 N–H and O–H groups in total. The van der Waals surface area contributed by atoms with Crippen LogP contribution in [-0.2, 0) is 10.0 Å². The van der Waals surface area contributed by atoms with E-state index < -0.39 is 10.0 Å². The molecule has 0 unspecified atom stereocenters. The fraction of sp³-hybridized carbons (Fsp3) is 0.409. The smallest absolute Gasteiger partial charge is 0.253 e. The summed E-state index contributed by atoms with van der Waals surface area (Å²) in [5.41, 5.74) is 1.40. The highest BCUT2D eigenvalue weighted by atomic mass is 32.2. The molecular weight excluding hydrogens is 388 g/mol. The maximum atomic E-state index is 12.9. The molecule has 2 aromatic rings. The van der Waals surface area contributed by atoms with Crippen molar-refractivity contribution in [1.82, 2.24) is 9.21 Å². The van der Waals surface area contributed by atoms with Crippen molar-refractivity contribution in [2.45, 2.75) is 31.1 Å². The molecule has 7 heteroatoms. The molecule has 1 fully saturated rings. The van der Waals surface area contributed by atoms with Gasteiger partial charge >= 0.3 is 0 Å². The predicted molar refractivity (Wildman–Crippen MR) is 113 cm³/mol. The lowest BCUT2D eigenvalue weighted by Crippen LogP contribution is -2.36. The molecule has 0 bridgehead atoms. The number of likely N-dealkylation sites (N-methyl/N-ethyl adjacent to an activating group) is 1. The summed E-state index contributed by atoms with van der Waals surface area (Å²) >= 11 is 0. The van der Waals surface area contributed by atoms with Crippen LogP contribution in [0.5, 0.6) is 5.75 Å². The summed E-state index contributed by atoms with van der Waals surface area (Å²) in [6.07, 6.45) is 2.81. The average molecular weight is 417 g/mol. The van der Waals surface area contributed by atoms with E-state index >= 15 is 0 Å². The zero-order valence-corrected chi connectivity index (χ0v) is 17.8. The fourth-order valence-electron chi connectivity index (χ4n) is 3.38. The van der Waals surface area contributed by atoms with Gasteiger partial charge in [0, 0.05) is 25.7 Å². The Bertz CT molecular complexity index is 953. The predicted octanol–water partition coefficient (Wildman–Crippen LogP) is 3.32. The second-order valence-corrected chi connectivity index (χ2v) is 9.27. The van der Waals surface area contributed by atoms with Gasteiger partial charge in [-0.15, -0.1) is 0 Å². The minimum Gasteiger partial charge on any atom is -0.491 e. The molecule has 2 aromatic carbocycles. The Kier molecular flexibility index (Phi) is 6.92. The maximum absolute atomic E-state index is 12.9. The number of hydrogen-bond acceptors (Lipinski definition) is 4. The lowest BCUT2D eigenvalue weighted by molar-refractivity contribution is 0.0773. The van der Waals surface area contributed by atoms with E-state index in [1.54, 1.807) is 30.1 Å². The highest BCUT2D eigenvalue weighted by Crippen LogP contribution is 2.22. The molecular formula is C22H28N2O4S. The largest absolute Gasteiger partial charge is 0.491 e. The molecule has 1 heterocycles. The molecule has 1 aliphatic heterocycles. The number of piperidine rings is 1. The van der Waals surface area contributed by atoms with Crippen LogP contribution < -0.4 is 4.74 Å². The van der Waals surface area contributed by atoms with Crippen molar-refractivity contribution >= 4 is 15.9 Å². The van der Waals surface area contributed by atoms with Gasteiger partial charge in [-0.05, 0) is 49.6 Å². The van der Waals surface area contributed by atoms with Crippen LogP contribution in [-0.4, -0.2) is 56.8 Å². The van der Waals surface area contributed by atoms with Gasteiger partial charge in [0.2, 0.25) is 10.0 Å². The van der Waals surface area contributed by atoms with E-state index in [-0.39, 0.29) is 10.8 Å². The van der Waals surface area contributed by atoms with Crippen LogP contribution in [0.2, 0.25) is 0 Å². The minimum absolute atomic E-state index is 0.176. The number of rotatable bonds is 7. The van der Waals surface area contributed by atoms with Crippen molar-refractivity contribution in [3.63, 3.8) is 0 Å². The number of nitrogens with zero attached hydrogens (tertiary/aromatic N) is 2. The molecule has 6 nitrogen and oxygen atoms in total. The van der Waals surface area contributed by atoms with Crippen LogP contribution in [0.3, 0.4) is 0 Å². The third kappa shape index (κ3) is 5.16. The fourth-order valence-corrected chi connectivity index (χ4v) is 4.94. The average Bonchev–Trinajstić information content (AvgIpc) is 2.75. The second kappa shape index (κ2) is 9.41. The third-order valence-corrected chi connectivity index (χ3v) is 7.05. The standard InChI is InChI=1S/C22H28N2O4S/c1-18-9-4-5-12-21(18)28-16-15-23(2)22(25)19-10-8-11-20(17-19)29(26,27)24-13-6-3-7-14-24/h4-5,8-12,17H,3,6-7,13-16H2,1-2H3. The number of para-hydroxylation sites is 1. The van der Waals surface area contributed by atoms with Gasteiger partial charge in [-0.25, -0.2) is 8.42 Å². The molecule has 1 aliphatic rings. The quantitative estimate of drug-likeness (QED) is 0.694. The van der Waals surface area contributed by atoms with Crippen LogP contribution in [0.25, 0.3) is 0 Å². The van der Waals surface area contributed by atoms with Crippen LogP contribution in [0, 0.1) is 6.92 Å².